The first-order valence-electron chi connectivity index (χ1n) is 9.47. The van der Waals surface area contributed by atoms with Gasteiger partial charge in [-0.05, 0) is 51.4 Å². The van der Waals surface area contributed by atoms with Crippen LogP contribution in [0.25, 0.3) is 0 Å². The summed E-state index contributed by atoms with van der Waals surface area (Å²) in [6.07, 6.45) is 10.2. The van der Waals surface area contributed by atoms with E-state index in [9.17, 15) is 9.59 Å². The van der Waals surface area contributed by atoms with Crippen LogP contribution >= 0.6 is 0 Å². The number of ether oxygens (including phenoxy) is 4. The van der Waals surface area contributed by atoms with Crippen LogP contribution in [0.3, 0.4) is 0 Å². The van der Waals surface area contributed by atoms with E-state index in [1.54, 1.807) is 0 Å². The maximum Gasteiger partial charge on any atom is 0.305 e. The predicted molar refractivity (Wildman–Crippen MR) is 100 cm³/mol. The van der Waals surface area contributed by atoms with E-state index in [0.717, 1.165) is 38.5 Å². The summed E-state index contributed by atoms with van der Waals surface area (Å²) < 4.78 is 20.3. The number of carbonyl (C=O) groups excluding carboxylic acids is 2. The second-order valence-electron chi connectivity index (χ2n) is 5.84. The van der Waals surface area contributed by atoms with Crippen molar-refractivity contribution in [1.82, 2.24) is 0 Å². The molecule has 0 heterocycles. The second-order valence-corrected chi connectivity index (χ2v) is 5.84. The zero-order valence-electron chi connectivity index (χ0n) is 15.9. The van der Waals surface area contributed by atoms with Crippen LogP contribution in [0.4, 0.5) is 0 Å². The summed E-state index contributed by atoms with van der Waals surface area (Å²) in [5.74, 6) is -0.412. The fourth-order valence-electron chi connectivity index (χ4n) is 2.15. The van der Waals surface area contributed by atoms with Crippen LogP contribution in [0.1, 0.15) is 64.2 Å². The zero-order chi connectivity index (χ0) is 19.3. The van der Waals surface area contributed by atoms with Gasteiger partial charge >= 0.3 is 11.9 Å². The Hall–Kier alpha value is -1.98. The first-order valence-corrected chi connectivity index (χ1v) is 9.47. The Kier molecular flexibility index (Phi) is 17.9. The molecule has 6 heteroatoms. The summed E-state index contributed by atoms with van der Waals surface area (Å²) >= 11 is 0. The van der Waals surface area contributed by atoms with Gasteiger partial charge in [0.15, 0.2) is 0 Å². The van der Waals surface area contributed by atoms with Gasteiger partial charge in [0.1, 0.15) is 0 Å². The molecule has 0 aliphatic rings. The monoisotopic (exact) mass is 370 g/mol. The zero-order valence-corrected chi connectivity index (χ0v) is 15.9. The van der Waals surface area contributed by atoms with E-state index in [0.29, 0.717) is 52.1 Å². The molecule has 0 rings (SSSR count). The number of esters is 2. The normalized spacial score (nSPS) is 10.0. The van der Waals surface area contributed by atoms with Crippen LogP contribution in [-0.2, 0) is 28.5 Å². The van der Waals surface area contributed by atoms with E-state index in [1.165, 1.54) is 12.5 Å². The number of carbonyl (C=O) groups is 2. The Morgan fingerprint density at radius 2 is 0.962 bits per heavy atom. The summed E-state index contributed by atoms with van der Waals surface area (Å²) in [6.45, 7) is 9.11. The van der Waals surface area contributed by atoms with Crippen LogP contribution in [-0.4, -0.2) is 38.4 Å². The van der Waals surface area contributed by atoms with Crippen molar-refractivity contribution in [3.05, 3.63) is 25.7 Å². The molecule has 0 fully saturated rings. The predicted octanol–water partition coefficient (Wildman–Crippen LogP) is 4.29. The molecule has 0 saturated heterocycles. The van der Waals surface area contributed by atoms with Crippen molar-refractivity contribution in [2.24, 2.45) is 0 Å². The second kappa shape index (κ2) is 19.3. The van der Waals surface area contributed by atoms with Gasteiger partial charge in [-0.25, -0.2) is 0 Å². The third kappa shape index (κ3) is 18.4. The maximum absolute atomic E-state index is 11.5. The standard InChI is InChI=1S/C20H34O6/c1-3-23-15-9-5-11-17-25-19(21)13-7-8-14-20(22)26-18-12-6-10-16-24-4-2/h3-4H,1-2,5-18H2. The highest BCUT2D eigenvalue weighted by molar-refractivity contribution is 5.70. The lowest BCUT2D eigenvalue weighted by Gasteiger charge is -2.06. The van der Waals surface area contributed by atoms with Crippen molar-refractivity contribution in [1.29, 1.82) is 0 Å². The van der Waals surface area contributed by atoms with E-state index in [-0.39, 0.29) is 11.9 Å². The van der Waals surface area contributed by atoms with Crippen molar-refractivity contribution < 1.29 is 28.5 Å². The summed E-state index contributed by atoms with van der Waals surface area (Å²) in [5.41, 5.74) is 0. The Morgan fingerprint density at radius 1 is 0.577 bits per heavy atom. The van der Waals surface area contributed by atoms with Gasteiger partial charge < -0.3 is 18.9 Å². The fraction of sp³-hybridized carbons (Fsp3) is 0.700. The lowest BCUT2D eigenvalue weighted by atomic mass is 10.2. The minimum absolute atomic E-state index is 0.206. The molecule has 0 aliphatic heterocycles. The van der Waals surface area contributed by atoms with Gasteiger partial charge in [-0.2, -0.15) is 0 Å². The van der Waals surface area contributed by atoms with Crippen LogP contribution < -0.4 is 0 Å². The van der Waals surface area contributed by atoms with E-state index >= 15 is 0 Å². The number of unbranched alkanes of at least 4 members (excludes halogenated alkanes) is 5. The lowest BCUT2D eigenvalue weighted by Crippen LogP contribution is -2.08. The third-order valence-electron chi connectivity index (χ3n) is 3.59. The minimum atomic E-state index is -0.206. The number of rotatable bonds is 19. The minimum Gasteiger partial charge on any atom is -0.502 e. The summed E-state index contributed by atoms with van der Waals surface area (Å²) in [6, 6.07) is 0. The van der Waals surface area contributed by atoms with E-state index in [1.807, 2.05) is 0 Å². The Bertz CT molecular complexity index is 344. The Morgan fingerprint density at radius 3 is 1.35 bits per heavy atom. The molecule has 0 atom stereocenters. The molecule has 6 nitrogen and oxygen atoms in total. The van der Waals surface area contributed by atoms with Gasteiger partial charge in [0.05, 0.1) is 39.0 Å². The van der Waals surface area contributed by atoms with Crippen molar-refractivity contribution in [2.75, 3.05) is 26.4 Å². The molecule has 150 valence electrons. The molecular formula is C20H34O6. The van der Waals surface area contributed by atoms with E-state index < -0.39 is 0 Å². The fourth-order valence-corrected chi connectivity index (χ4v) is 2.15. The van der Waals surface area contributed by atoms with Crippen molar-refractivity contribution >= 4 is 11.9 Å². The number of hydrogen-bond donors (Lipinski definition) is 0. The molecule has 0 bridgehead atoms. The summed E-state index contributed by atoms with van der Waals surface area (Å²) in [7, 11) is 0. The average Bonchev–Trinajstić information content (AvgIpc) is 2.64. The van der Waals surface area contributed by atoms with E-state index in [2.05, 4.69) is 13.2 Å². The molecule has 0 spiro atoms. The molecule has 0 aliphatic carbocycles. The largest absolute Gasteiger partial charge is 0.502 e. The van der Waals surface area contributed by atoms with Gasteiger partial charge in [0.25, 0.3) is 0 Å². The quantitative estimate of drug-likeness (QED) is 0.192. The van der Waals surface area contributed by atoms with Crippen molar-refractivity contribution in [3.8, 4) is 0 Å². The molecule has 0 radical (unpaired) electrons. The average molecular weight is 370 g/mol. The Labute approximate surface area is 157 Å². The van der Waals surface area contributed by atoms with Crippen LogP contribution in [0.15, 0.2) is 25.7 Å². The van der Waals surface area contributed by atoms with Gasteiger partial charge in [-0.15, -0.1) is 0 Å². The molecule has 0 saturated carbocycles. The van der Waals surface area contributed by atoms with Crippen LogP contribution in [0.5, 0.6) is 0 Å². The topological polar surface area (TPSA) is 71.1 Å². The SMILES string of the molecule is C=COCCCCCOC(=O)CCCCC(=O)OCCCCCOC=C. The van der Waals surface area contributed by atoms with Crippen molar-refractivity contribution in [2.45, 2.75) is 64.2 Å². The lowest BCUT2D eigenvalue weighted by molar-refractivity contribution is -0.146. The number of hydrogen-bond acceptors (Lipinski definition) is 6. The highest BCUT2D eigenvalue weighted by Crippen LogP contribution is 2.05. The maximum atomic E-state index is 11.5. The summed E-state index contributed by atoms with van der Waals surface area (Å²) in [5, 5.41) is 0. The smallest absolute Gasteiger partial charge is 0.305 e. The molecule has 0 aromatic heterocycles. The molecule has 0 aromatic rings. The molecule has 0 unspecified atom stereocenters. The van der Waals surface area contributed by atoms with E-state index in [4.69, 9.17) is 18.9 Å². The highest BCUT2D eigenvalue weighted by atomic mass is 16.5. The summed E-state index contributed by atoms with van der Waals surface area (Å²) in [4.78, 5) is 23.1. The van der Waals surface area contributed by atoms with Crippen molar-refractivity contribution in [3.63, 3.8) is 0 Å². The van der Waals surface area contributed by atoms with Crippen LogP contribution in [0.2, 0.25) is 0 Å². The van der Waals surface area contributed by atoms with Gasteiger partial charge in [0, 0.05) is 12.8 Å². The molecule has 0 N–H and O–H groups in total. The molecule has 0 aromatic carbocycles. The van der Waals surface area contributed by atoms with Gasteiger partial charge in [-0.1, -0.05) is 13.2 Å². The first-order chi connectivity index (χ1) is 12.7. The first kappa shape index (κ1) is 24.0. The Balaban J connectivity index is 3.33. The highest BCUT2D eigenvalue weighted by Gasteiger charge is 2.06. The van der Waals surface area contributed by atoms with Crippen LogP contribution in [0, 0.1) is 0 Å². The third-order valence-corrected chi connectivity index (χ3v) is 3.59. The van der Waals surface area contributed by atoms with Gasteiger partial charge in [0.2, 0.25) is 0 Å². The molecule has 26 heavy (non-hydrogen) atoms. The van der Waals surface area contributed by atoms with Gasteiger partial charge in [-0.3, -0.25) is 9.59 Å². The molecular weight excluding hydrogens is 336 g/mol. The molecule has 0 amide bonds.